The number of hydrogen-bond donors (Lipinski definition) is 0. The SMILES string of the molecule is CC1(C(=O)N2CC=C(B3OC(C)(C)C(C)(C)O3)CC2)CC(C#N)C1. The van der Waals surface area contributed by atoms with E-state index in [1.165, 1.54) is 0 Å². The summed E-state index contributed by atoms with van der Waals surface area (Å²) in [5.41, 5.74) is 0.108. The van der Waals surface area contributed by atoms with Crippen molar-refractivity contribution in [1.82, 2.24) is 4.90 Å². The lowest BCUT2D eigenvalue weighted by atomic mass is 9.62. The Balaban J connectivity index is 1.61. The molecule has 1 saturated carbocycles. The number of amides is 1. The fourth-order valence-corrected chi connectivity index (χ4v) is 3.75. The van der Waals surface area contributed by atoms with Crippen LogP contribution in [-0.2, 0) is 14.1 Å². The van der Waals surface area contributed by atoms with Crippen LogP contribution in [0.3, 0.4) is 0 Å². The zero-order valence-corrected chi connectivity index (χ0v) is 15.4. The minimum absolute atomic E-state index is 0.0413. The standard InChI is InChI=1S/C18H27BN2O3/c1-16(2)17(3,4)24-19(23-16)14-6-8-21(9-7-14)15(22)18(5)10-13(11-18)12-20/h6,13H,7-11H2,1-5H3. The number of carbonyl (C=O) groups is 1. The van der Waals surface area contributed by atoms with Crippen molar-refractivity contribution >= 4 is 13.0 Å². The minimum Gasteiger partial charge on any atom is -0.400 e. The number of nitriles is 1. The Bertz CT molecular complexity index is 598. The average Bonchev–Trinajstić information content (AvgIpc) is 2.71. The maximum Gasteiger partial charge on any atom is 0.490 e. The van der Waals surface area contributed by atoms with Gasteiger partial charge in [0, 0.05) is 24.4 Å². The van der Waals surface area contributed by atoms with E-state index >= 15 is 0 Å². The molecule has 2 fully saturated rings. The van der Waals surface area contributed by atoms with Crippen LogP contribution in [0, 0.1) is 22.7 Å². The lowest BCUT2D eigenvalue weighted by molar-refractivity contribution is -0.147. The molecule has 24 heavy (non-hydrogen) atoms. The highest BCUT2D eigenvalue weighted by Gasteiger charge is 2.53. The van der Waals surface area contributed by atoms with E-state index in [0.717, 1.165) is 11.9 Å². The molecule has 0 spiro atoms. The van der Waals surface area contributed by atoms with Gasteiger partial charge in [-0.1, -0.05) is 13.0 Å². The monoisotopic (exact) mass is 330 g/mol. The van der Waals surface area contributed by atoms with Crippen LogP contribution in [0.5, 0.6) is 0 Å². The van der Waals surface area contributed by atoms with Crippen molar-refractivity contribution in [2.24, 2.45) is 11.3 Å². The molecule has 5 nitrogen and oxygen atoms in total. The largest absolute Gasteiger partial charge is 0.490 e. The van der Waals surface area contributed by atoms with Gasteiger partial charge >= 0.3 is 7.12 Å². The summed E-state index contributed by atoms with van der Waals surface area (Å²) in [5, 5.41) is 8.94. The topological polar surface area (TPSA) is 62.6 Å². The van der Waals surface area contributed by atoms with Crippen LogP contribution in [0.1, 0.15) is 53.9 Å². The zero-order valence-electron chi connectivity index (χ0n) is 15.4. The molecule has 0 unspecified atom stereocenters. The molecule has 130 valence electrons. The number of rotatable bonds is 2. The summed E-state index contributed by atoms with van der Waals surface area (Å²) in [5.74, 6) is 0.220. The minimum atomic E-state index is -0.351. The van der Waals surface area contributed by atoms with Gasteiger partial charge in [-0.2, -0.15) is 5.26 Å². The highest BCUT2D eigenvalue weighted by Crippen LogP contribution is 2.46. The first kappa shape index (κ1) is 17.5. The number of hydrogen-bond acceptors (Lipinski definition) is 4. The van der Waals surface area contributed by atoms with E-state index in [1.54, 1.807) is 0 Å². The van der Waals surface area contributed by atoms with Gasteiger partial charge in [0.15, 0.2) is 0 Å². The molecule has 0 aromatic heterocycles. The van der Waals surface area contributed by atoms with Crippen molar-refractivity contribution in [2.45, 2.75) is 65.1 Å². The third-order valence-corrected chi connectivity index (χ3v) is 6.18. The first-order valence-electron chi connectivity index (χ1n) is 8.81. The van der Waals surface area contributed by atoms with E-state index in [4.69, 9.17) is 14.6 Å². The smallest absolute Gasteiger partial charge is 0.400 e. The predicted octanol–water partition coefficient (Wildman–Crippen LogP) is 2.72. The van der Waals surface area contributed by atoms with Gasteiger partial charge in [0.2, 0.25) is 5.91 Å². The van der Waals surface area contributed by atoms with Crippen molar-refractivity contribution in [3.8, 4) is 6.07 Å². The van der Waals surface area contributed by atoms with Gasteiger partial charge < -0.3 is 14.2 Å². The fraction of sp³-hybridized carbons (Fsp3) is 0.778. The van der Waals surface area contributed by atoms with Crippen LogP contribution < -0.4 is 0 Å². The van der Waals surface area contributed by atoms with Gasteiger partial charge in [-0.25, -0.2) is 0 Å². The number of carbonyl (C=O) groups excluding carboxylic acids is 1. The molecule has 0 bridgehead atoms. The first-order chi connectivity index (χ1) is 11.1. The molecule has 0 radical (unpaired) electrons. The highest BCUT2D eigenvalue weighted by molar-refractivity contribution is 6.54. The maximum absolute atomic E-state index is 12.7. The van der Waals surface area contributed by atoms with Crippen molar-refractivity contribution < 1.29 is 14.1 Å². The fourth-order valence-electron chi connectivity index (χ4n) is 3.75. The molecule has 2 aliphatic heterocycles. The Hall–Kier alpha value is -1.32. The van der Waals surface area contributed by atoms with E-state index in [9.17, 15) is 4.79 Å². The Kier molecular flexibility index (Phi) is 4.09. The van der Waals surface area contributed by atoms with Gasteiger partial charge in [0.1, 0.15) is 0 Å². The van der Waals surface area contributed by atoms with Crippen LogP contribution in [0.25, 0.3) is 0 Å². The van der Waals surface area contributed by atoms with E-state index < -0.39 is 0 Å². The molecule has 3 aliphatic rings. The second kappa shape index (κ2) is 5.61. The molecule has 1 aliphatic carbocycles. The summed E-state index contributed by atoms with van der Waals surface area (Å²) >= 11 is 0. The summed E-state index contributed by atoms with van der Waals surface area (Å²) in [6.45, 7) is 11.5. The van der Waals surface area contributed by atoms with Gasteiger partial charge in [-0.3, -0.25) is 4.79 Å². The molecule has 1 saturated heterocycles. The molecule has 6 heteroatoms. The third kappa shape index (κ3) is 2.78. The Morgan fingerprint density at radius 2 is 1.83 bits per heavy atom. The van der Waals surface area contributed by atoms with Gasteiger partial charge in [0.05, 0.1) is 17.3 Å². The molecule has 0 aromatic rings. The molecule has 0 atom stereocenters. The predicted molar refractivity (Wildman–Crippen MR) is 91.8 cm³/mol. The molecule has 0 N–H and O–H groups in total. The van der Waals surface area contributed by atoms with Crippen molar-refractivity contribution in [2.75, 3.05) is 13.1 Å². The van der Waals surface area contributed by atoms with Crippen LogP contribution in [0.15, 0.2) is 11.5 Å². The molecule has 3 rings (SSSR count). The van der Waals surface area contributed by atoms with Gasteiger partial charge in [-0.15, -0.1) is 0 Å². The molecule has 0 aromatic carbocycles. The van der Waals surface area contributed by atoms with E-state index in [1.807, 2.05) is 11.8 Å². The molecule has 2 heterocycles. The van der Waals surface area contributed by atoms with E-state index in [0.29, 0.717) is 25.9 Å². The number of nitrogens with zero attached hydrogens (tertiary/aromatic N) is 2. The lowest BCUT2D eigenvalue weighted by Crippen LogP contribution is -2.50. The molecule has 1 amide bonds. The quantitative estimate of drug-likeness (QED) is 0.731. The van der Waals surface area contributed by atoms with Gasteiger partial charge in [0.25, 0.3) is 0 Å². The molecular weight excluding hydrogens is 303 g/mol. The summed E-state index contributed by atoms with van der Waals surface area (Å²) in [6, 6.07) is 2.26. The highest BCUT2D eigenvalue weighted by atomic mass is 16.7. The lowest BCUT2D eigenvalue weighted by Gasteiger charge is -2.44. The Morgan fingerprint density at radius 3 is 2.29 bits per heavy atom. The summed E-state index contributed by atoms with van der Waals surface area (Å²) in [7, 11) is -0.311. The third-order valence-electron chi connectivity index (χ3n) is 6.18. The normalized spacial score (nSPS) is 34.3. The van der Waals surface area contributed by atoms with Crippen molar-refractivity contribution in [3.05, 3.63) is 11.5 Å². The average molecular weight is 330 g/mol. The van der Waals surface area contributed by atoms with E-state index in [-0.39, 0.29) is 35.6 Å². The zero-order chi connectivity index (χ0) is 17.8. The van der Waals surface area contributed by atoms with Crippen LogP contribution in [0.4, 0.5) is 0 Å². The van der Waals surface area contributed by atoms with Crippen LogP contribution in [0.2, 0.25) is 0 Å². The van der Waals surface area contributed by atoms with E-state index in [2.05, 4.69) is 39.8 Å². The second-order valence-electron chi connectivity index (χ2n) is 8.66. The summed E-state index contributed by atoms with van der Waals surface area (Å²) in [6.07, 6.45) is 4.23. The van der Waals surface area contributed by atoms with Crippen molar-refractivity contribution in [1.29, 1.82) is 5.26 Å². The van der Waals surface area contributed by atoms with Gasteiger partial charge in [-0.05, 0) is 52.4 Å². The van der Waals surface area contributed by atoms with Crippen LogP contribution >= 0.6 is 0 Å². The molecular formula is C18H27BN2O3. The first-order valence-corrected chi connectivity index (χ1v) is 8.81. The maximum atomic E-state index is 12.7. The van der Waals surface area contributed by atoms with Crippen molar-refractivity contribution in [3.63, 3.8) is 0 Å². The summed E-state index contributed by atoms with van der Waals surface area (Å²) in [4.78, 5) is 14.6. The Labute approximate surface area is 145 Å². The Morgan fingerprint density at radius 1 is 1.25 bits per heavy atom. The summed E-state index contributed by atoms with van der Waals surface area (Å²) < 4.78 is 12.2. The second-order valence-corrected chi connectivity index (χ2v) is 8.66. The van der Waals surface area contributed by atoms with Crippen LogP contribution in [-0.4, -0.2) is 42.2 Å².